The van der Waals surface area contributed by atoms with Crippen LogP contribution in [0.5, 0.6) is 0 Å². The zero-order valence-electron chi connectivity index (χ0n) is 16.7. The molecule has 0 fully saturated rings. The summed E-state index contributed by atoms with van der Waals surface area (Å²) in [4.78, 5) is 2.58. The van der Waals surface area contributed by atoms with Crippen molar-refractivity contribution in [2.24, 2.45) is 11.5 Å². The van der Waals surface area contributed by atoms with Gasteiger partial charge in [-0.1, -0.05) is 54.6 Å². The number of hydrogen-bond acceptors (Lipinski definition) is 3. The summed E-state index contributed by atoms with van der Waals surface area (Å²) in [5, 5.41) is 8.20. The molecule has 0 aromatic heterocycles. The first-order valence-electron chi connectivity index (χ1n) is 10.6. The van der Waals surface area contributed by atoms with Crippen molar-refractivity contribution >= 4 is 32.3 Å². The second kappa shape index (κ2) is 8.87. The van der Waals surface area contributed by atoms with Gasteiger partial charge in [0.15, 0.2) is 0 Å². The highest BCUT2D eigenvalue weighted by Gasteiger charge is 2.13. The fourth-order valence-corrected chi connectivity index (χ4v) is 4.40. The number of benzene rings is 4. The molecule has 0 amide bonds. The first-order chi connectivity index (χ1) is 13.8. The van der Waals surface area contributed by atoms with Crippen molar-refractivity contribution in [2.75, 3.05) is 26.2 Å². The SMILES string of the molecule is NCCCCN(CCCCN)Cc1ccc2ccc3cccc4ccc1c2c34. The molecule has 4 rings (SSSR count). The molecule has 0 radical (unpaired) electrons. The molecule has 146 valence electrons. The van der Waals surface area contributed by atoms with Gasteiger partial charge in [0.25, 0.3) is 0 Å². The summed E-state index contributed by atoms with van der Waals surface area (Å²) < 4.78 is 0. The van der Waals surface area contributed by atoms with E-state index in [1.807, 2.05) is 0 Å². The van der Waals surface area contributed by atoms with Crippen molar-refractivity contribution in [2.45, 2.75) is 32.2 Å². The summed E-state index contributed by atoms with van der Waals surface area (Å²) in [6.45, 7) is 4.74. The lowest BCUT2D eigenvalue weighted by molar-refractivity contribution is 0.256. The van der Waals surface area contributed by atoms with Gasteiger partial charge in [0.05, 0.1) is 0 Å². The van der Waals surface area contributed by atoms with E-state index in [-0.39, 0.29) is 0 Å². The highest BCUT2D eigenvalue weighted by atomic mass is 15.1. The number of rotatable bonds is 10. The Balaban J connectivity index is 1.70. The third-order valence-corrected chi connectivity index (χ3v) is 5.87. The van der Waals surface area contributed by atoms with Crippen LogP contribution in [-0.2, 0) is 6.54 Å². The summed E-state index contributed by atoms with van der Waals surface area (Å²) in [5.41, 5.74) is 12.8. The lowest BCUT2D eigenvalue weighted by Crippen LogP contribution is -2.26. The molecule has 4 aromatic carbocycles. The van der Waals surface area contributed by atoms with Crippen LogP contribution >= 0.6 is 0 Å². The average molecular weight is 374 g/mol. The predicted molar refractivity (Wildman–Crippen MR) is 122 cm³/mol. The standard InChI is InChI=1S/C25H31N3/c26-14-1-3-16-28(17-4-2-15-27)18-22-11-10-21-9-8-19-6-5-7-20-12-13-23(22)25(21)24(19)20/h5-13H,1-4,14-18,26-27H2. The molecule has 0 heterocycles. The number of hydrogen-bond donors (Lipinski definition) is 2. The smallest absolute Gasteiger partial charge is 0.0239 e. The first-order valence-corrected chi connectivity index (χ1v) is 10.6. The monoisotopic (exact) mass is 373 g/mol. The van der Waals surface area contributed by atoms with Crippen molar-refractivity contribution in [3.05, 3.63) is 60.2 Å². The largest absolute Gasteiger partial charge is 0.330 e. The summed E-state index contributed by atoms with van der Waals surface area (Å²) in [6.07, 6.45) is 4.49. The van der Waals surface area contributed by atoms with Crippen molar-refractivity contribution in [3.63, 3.8) is 0 Å². The Bertz CT molecular complexity index is 1010. The van der Waals surface area contributed by atoms with E-state index < -0.39 is 0 Å². The molecule has 3 nitrogen and oxygen atoms in total. The Morgan fingerprint density at radius 3 is 1.82 bits per heavy atom. The van der Waals surface area contributed by atoms with Gasteiger partial charge in [-0.25, -0.2) is 0 Å². The normalized spacial score (nSPS) is 12.1. The van der Waals surface area contributed by atoms with Gasteiger partial charge >= 0.3 is 0 Å². The van der Waals surface area contributed by atoms with Gasteiger partial charge in [-0.15, -0.1) is 0 Å². The zero-order chi connectivity index (χ0) is 19.3. The van der Waals surface area contributed by atoms with Crippen LogP contribution in [0.4, 0.5) is 0 Å². The maximum absolute atomic E-state index is 5.71. The minimum absolute atomic E-state index is 0.773. The molecule has 0 aliphatic heterocycles. The molecule has 0 aliphatic carbocycles. The van der Waals surface area contributed by atoms with Gasteiger partial charge in [0.1, 0.15) is 0 Å². The molecule has 0 saturated carbocycles. The second-order valence-electron chi connectivity index (χ2n) is 7.85. The van der Waals surface area contributed by atoms with E-state index in [2.05, 4.69) is 59.5 Å². The second-order valence-corrected chi connectivity index (χ2v) is 7.85. The summed E-state index contributed by atoms with van der Waals surface area (Å²) in [7, 11) is 0. The molecule has 4 N–H and O–H groups in total. The van der Waals surface area contributed by atoms with E-state index >= 15 is 0 Å². The molecule has 0 unspecified atom stereocenters. The Hall–Kier alpha value is -2.20. The van der Waals surface area contributed by atoms with Crippen LogP contribution in [0.25, 0.3) is 32.3 Å². The maximum atomic E-state index is 5.71. The molecule has 0 aliphatic rings. The van der Waals surface area contributed by atoms with Crippen LogP contribution < -0.4 is 11.5 Å². The predicted octanol–water partition coefficient (Wildman–Crippen LogP) is 4.86. The lowest BCUT2D eigenvalue weighted by Gasteiger charge is -2.24. The van der Waals surface area contributed by atoms with Crippen molar-refractivity contribution in [1.29, 1.82) is 0 Å². The molecule has 0 saturated heterocycles. The highest BCUT2D eigenvalue weighted by Crippen LogP contribution is 2.36. The van der Waals surface area contributed by atoms with E-state index in [1.54, 1.807) is 0 Å². The third kappa shape index (κ3) is 3.83. The molecular weight excluding hydrogens is 342 g/mol. The van der Waals surface area contributed by atoms with E-state index in [1.165, 1.54) is 37.9 Å². The minimum atomic E-state index is 0.773. The summed E-state index contributed by atoms with van der Waals surface area (Å²) in [5.74, 6) is 0. The minimum Gasteiger partial charge on any atom is -0.330 e. The summed E-state index contributed by atoms with van der Waals surface area (Å²) >= 11 is 0. The van der Waals surface area contributed by atoms with Gasteiger partial charge < -0.3 is 11.5 Å². The van der Waals surface area contributed by atoms with E-state index in [0.29, 0.717) is 0 Å². The third-order valence-electron chi connectivity index (χ3n) is 5.87. The van der Waals surface area contributed by atoms with Crippen molar-refractivity contribution < 1.29 is 0 Å². The molecule has 4 aromatic rings. The Kier molecular flexibility index (Phi) is 6.06. The molecule has 0 atom stereocenters. The maximum Gasteiger partial charge on any atom is 0.0239 e. The molecule has 28 heavy (non-hydrogen) atoms. The van der Waals surface area contributed by atoms with E-state index in [0.717, 1.165) is 58.4 Å². The van der Waals surface area contributed by atoms with Crippen LogP contribution in [0.15, 0.2) is 54.6 Å². The van der Waals surface area contributed by atoms with Gasteiger partial charge in [0, 0.05) is 6.54 Å². The fourth-order valence-electron chi connectivity index (χ4n) is 4.40. The average Bonchev–Trinajstić information content (AvgIpc) is 2.73. The molecular formula is C25H31N3. The van der Waals surface area contributed by atoms with Crippen LogP contribution in [-0.4, -0.2) is 31.1 Å². The van der Waals surface area contributed by atoms with E-state index in [4.69, 9.17) is 11.5 Å². The van der Waals surface area contributed by atoms with Crippen molar-refractivity contribution in [3.8, 4) is 0 Å². The van der Waals surface area contributed by atoms with Gasteiger partial charge in [-0.3, -0.25) is 4.90 Å². The molecule has 0 bridgehead atoms. The molecule has 0 spiro atoms. The topological polar surface area (TPSA) is 55.3 Å². The summed E-state index contributed by atoms with van der Waals surface area (Å²) in [6, 6.07) is 20.3. The molecule has 3 heteroatoms. The fraction of sp³-hybridized carbons (Fsp3) is 0.360. The lowest BCUT2D eigenvalue weighted by atomic mass is 9.92. The van der Waals surface area contributed by atoms with Gasteiger partial charge in [-0.05, 0) is 89.7 Å². The number of nitrogens with zero attached hydrogens (tertiary/aromatic N) is 1. The van der Waals surface area contributed by atoms with Gasteiger partial charge in [-0.2, -0.15) is 0 Å². The quantitative estimate of drug-likeness (QED) is 0.308. The number of unbranched alkanes of at least 4 members (excludes halogenated alkanes) is 2. The highest BCUT2D eigenvalue weighted by molar-refractivity contribution is 6.23. The van der Waals surface area contributed by atoms with Crippen LogP contribution in [0.2, 0.25) is 0 Å². The first kappa shape index (κ1) is 19.1. The van der Waals surface area contributed by atoms with Crippen LogP contribution in [0.1, 0.15) is 31.2 Å². The van der Waals surface area contributed by atoms with E-state index in [9.17, 15) is 0 Å². The van der Waals surface area contributed by atoms with Crippen molar-refractivity contribution in [1.82, 2.24) is 4.90 Å². The Morgan fingerprint density at radius 2 is 1.18 bits per heavy atom. The Morgan fingerprint density at radius 1 is 0.607 bits per heavy atom. The Labute approximate surface area is 167 Å². The van der Waals surface area contributed by atoms with Crippen LogP contribution in [0, 0.1) is 0 Å². The van der Waals surface area contributed by atoms with Gasteiger partial charge in [0.2, 0.25) is 0 Å². The van der Waals surface area contributed by atoms with Crippen LogP contribution in [0.3, 0.4) is 0 Å². The zero-order valence-corrected chi connectivity index (χ0v) is 16.7. The number of nitrogens with two attached hydrogens (primary N) is 2.